The summed E-state index contributed by atoms with van der Waals surface area (Å²) in [4.78, 5) is 39.8. The van der Waals surface area contributed by atoms with Crippen LogP contribution in [0.3, 0.4) is 0 Å². The van der Waals surface area contributed by atoms with Gasteiger partial charge in [0.15, 0.2) is 18.9 Å². The average molecular weight is 658 g/mol. The van der Waals surface area contributed by atoms with Crippen LogP contribution >= 0.6 is 0 Å². The van der Waals surface area contributed by atoms with E-state index in [2.05, 4.69) is 12.2 Å². The fourth-order valence-electron chi connectivity index (χ4n) is 5.80. The summed E-state index contributed by atoms with van der Waals surface area (Å²) in [6.07, 6.45) is 24.2. The van der Waals surface area contributed by atoms with Crippen LogP contribution in [0.5, 0.6) is 0 Å². The van der Waals surface area contributed by atoms with Gasteiger partial charge in [-0.3, -0.25) is 14.5 Å². The molecule has 3 amide bonds. The van der Waals surface area contributed by atoms with Crippen LogP contribution in [-0.4, -0.2) is 55.2 Å². The number of ether oxygens (including phenoxy) is 2. The normalized spacial score (nSPS) is 12.9. The summed E-state index contributed by atoms with van der Waals surface area (Å²) < 4.78 is 13.3. The minimum absolute atomic E-state index is 0. The van der Waals surface area contributed by atoms with Crippen molar-refractivity contribution in [2.75, 3.05) is 26.4 Å². The van der Waals surface area contributed by atoms with Crippen molar-refractivity contribution in [3.05, 3.63) is 66.0 Å². The summed E-state index contributed by atoms with van der Waals surface area (Å²) >= 11 is 0. The predicted octanol–water partition coefficient (Wildman–Crippen LogP) is 4.65. The van der Waals surface area contributed by atoms with Crippen LogP contribution in [0.4, 0.5) is 4.79 Å². The summed E-state index contributed by atoms with van der Waals surface area (Å²) in [5, 5.41) is 2.73. The summed E-state index contributed by atoms with van der Waals surface area (Å²) in [6.45, 7) is 3.79. The standard InChI is InChI=1S/C37H55N3O5.ClH/c1-2-3-4-5-6-7-8-9-10-11-12-13-14-15-16-22-29-44-30-32(40-35(41)33-23-18-19-24-34(33)36(40)42)31-45-37(43)38-25-28-39-26-20-17-21-27-39;/h17-21,23-24,26-27,32H,2-16,22,25,28-31H2,1H3;1H. The molecule has 3 rings (SSSR count). The van der Waals surface area contributed by atoms with Gasteiger partial charge in [-0.25, -0.2) is 9.36 Å². The van der Waals surface area contributed by atoms with E-state index in [-0.39, 0.29) is 37.4 Å². The third-order valence-corrected chi connectivity index (χ3v) is 8.47. The Morgan fingerprint density at radius 3 is 1.74 bits per heavy atom. The molecular weight excluding hydrogens is 602 g/mol. The number of amides is 3. The highest BCUT2D eigenvalue weighted by Crippen LogP contribution is 2.25. The van der Waals surface area contributed by atoms with Crippen molar-refractivity contribution in [3.8, 4) is 0 Å². The van der Waals surface area contributed by atoms with Gasteiger partial charge in [-0.05, 0) is 18.6 Å². The molecule has 1 atom stereocenters. The van der Waals surface area contributed by atoms with Gasteiger partial charge in [0.05, 0.1) is 30.3 Å². The Hall–Kier alpha value is -2.97. The minimum Gasteiger partial charge on any atom is -1.00 e. The Kier molecular flexibility index (Phi) is 20.7. The molecule has 1 unspecified atom stereocenters. The lowest BCUT2D eigenvalue weighted by Crippen LogP contribution is -3.00. The third-order valence-electron chi connectivity index (χ3n) is 8.47. The first-order valence-electron chi connectivity index (χ1n) is 17.5. The number of hydrogen-bond acceptors (Lipinski definition) is 5. The van der Waals surface area contributed by atoms with E-state index in [4.69, 9.17) is 9.47 Å². The number of aromatic nitrogens is 1. The van der Waals surface area contributed by atoms with Crippen LogP contribution in [0, 0.1) is 0 Å². The lowest BCUT2D eigenvalue weighted by molar-refractivity contribution is -0.694. The summed E-state index contributed by atoms with van der Waals surface area (Å²) in [7, 11) is 0. The van der Waals surface area contributed by atoms with Crippen LogP contribution < -0.4 is 22.3 Å². The van der Waals surface area contributed by atoms with Crippen molar-refractivity contribution < 1.29 is 40.8 Å². The van der Waals surface area contributed by atoms with Crippen molar-refractivity contribution in [3.63, 3.8) is 0 Å². The van der Waals surface area contributed by atoms with Gasteiger partial charge in [0.2, 0.25) is 0 Å². The van der Waals surface area contributed by atoms with Crippen LogP contribution in [0.15, 0.2) is 54.9 Å². The van der Waals surface area contributed by atoms with Gasteiger partial charge < -0.3 is 27.2 Å². The number of benzene rings is 1. The number of rotatable bonds is 25. The quantitative estimate of drug-likeness (QED) is 0.0955. The largest absolute Gasteiger partial charge is 1.00 e. The molecule has 1 aliphatic heterocycles. The molecule has 1 aromatic heterocycles. The Labute approximate surface area is 283 Å². The topological polar surface area (TPSA) is 88.8 Å². The first-order chi connectivity index (χ1) is 22.1. The Morgan fingerprint density at radius 2 is 1.22 bits per heavy atom. The molecule has 0 saturated carbocycles. The fourth-order valence-corrected chi connectivity index (χ4v) is 5.80. The number of carbonyl (C=O) groups excluding carboxylic acids is 3. The van der Waals surface area contributed by atoms with E-state index < -0.39 is 12.1 Å². The second-order valence-corrected chi connectivity index (χ2v) is 12.2. The highest BCUT2D eigenvalue weighted by atomic mass is 35.5. The van der Waals surface area contributed by atoms with Crippen LogP contribution in [0.2, 0.25) is 0 Å². The minimum atomic E-state index is -0.701. The van der Waals surface area contributed by atoms with Gasteiger partial charge >= 0.3 is 6.09 Å². The molecule has 0 spiro atoms. The lowest BCUT2D eigenvalue weighted by atomic mass is 10.0. The maximum absolute atomic E-state index is 13.1. The fraction of sp³-hybridized carbons (Fsp3) is 0.622. The molecule has 1 N–H and O–H groups in total. The van der Waals surface area contributed by atoms with Gasteiger partial charge in [-0.2, -0.15) is 0 Å². The third kappa shape index (κ3) is 14.6. The number of nitrogens with zero attached hydrogens (tertiary/aromatic N) is 2. The molecule has 0 bridgehead atoms. The van der Waals surface area contributed by atoms with Gasteiger partial charge in [0, 0.05) is 18.7 Å². The molecule has 0 saturated heterocycles. The second-order valence-electron chi connectivity index (χ2n) is 12.2. The van der Waals surface area contributed by atoms with Gasteiger partial charge in [-0.1, -0.05) is 121 Å². The molecule has 1 aromatic carbocycles. The summed E-state index contributed by atoms with van der Waals surface area (Å²) in [6, 6.07) is 11.9. The molecule has 2 heterocycles. The maximum atomic E-state index is 13.1. The van der Waals surface area contributed by atoms with E-state index in [1.54, 1.807) is 24.3 Å². The molecule has 1 aliphatic rings. The van der Waals surface area contributed by atoms with E-state index in [0.29, 0.717) is 30.8 Å². The number of unbranched alkanes of at least 4 members (excludes halogenated alkanes) is 15. The number of imide groups is 1. The zero-order valence-electron chi connectivity index (χ0n) is 27.9. The zero-order chi connectivity index (χ0) is 32.0. The number of fused-ring (bicyclic) bond motifs is 1. The van der Waals surface area contributed by atoms with Crippen molar-refractivity contribution in [2.24, 2.45) is 0 Å². The molecule has 256 valence electrons. The van der Waals surface area contributed by atoms with E-state index in [1.807, 2.05) is 35.2 Å². The highest BCUT2D eigenvalue weighted by molar-refractivity contribution is 6.21. The van der Waals surface area contributed by atoms with Crippen LogP contribution in [-0.2, 0) is 16.0 Å². The van der Waals surface area contributed by atoms with Crippen LogP contribution in [0.1, 0.15) is 130 Å². The van der Waals surface area contributed by atoms with Crippen molar-refractivity contribution in [1.29, 1.82) is 0 Å². The summed E-state index contributed by atoms with van der Waals surface area (Å²) in [5.41, 5.74) is 0.740. The number of nitrogens with one attached hydrogen (secondary N) is 1. The number of hydrogen-bond donors (Lipinski definition) is 1. The van der Waals surface area contributed by atoms with Gasteiger partial charge in [0.1, 0.15) is 6.61 Å². The number of pyridine rings is 1. The SMILES string of the molecule is CCCCCCCCCCCCCCCCCCOCC(COC(=O)NCC[n+]1ccccc1)N1C(=O)c2ccccc2C1=O.[Cl-]. The maximum Gasteiger partial charge on any atom is 0.407 e. The molecule has 46 heavy (non-hydrogen) atoms. The Morgan fingerprint density at radius 1 is 0.717 bits per heavy atom. The zero-order valence-corrected chi connectivity index (χ0v) is 28.7. The average Bonchev–Trinajstić information content (AvgIpc) is 3.31. The Bertz CT molecular complexity index is 1100. The van der Waals surface area contributed by atoms with Gasteiger partial charge in [-0.15, -0.1) is 0 Å². The number of carbonyl (C=O) groups is 3. The second kappa shape index (κ2) is 24.2. The van der Waals surface area contributed by atoms with Crippen molar-refractivity contribution >= 4 is 17.9 Å². The Balaban J connectivity index is 0.00000736. The van der Waals surface area contributed by atoms with Crippen molar-refractivity contribution in [1.82, 2.24) is 10.2 Å². The smallest absolute Gasteiger partial charge is 0.407 e. The molecule has 9 heteroatoms. The van der Waals surface area contributed by atoms with E-state index in [0.717, 1.165) is 12.8 Å². The number of halogens is 1. The van der Waals surface area contributed by atoms with E-state index >= 15 is 0 Å². The highest BCUT2D eigenvalue weighted by Gasteiger charge is 2.40. The summed E-state index contributed by atoms with van der Waals surface area (Å²) in [5.74, 6) is -0.757. The van der Waals surface area contributed by atoms with Crippen molar-refractivity contribution in [2.45, 2.75) is 122 Å². The lowest BCUT2D eigenvalue weighted by Gasteiger charge is -2.25. The molecule has 8 nitrogen and oxygen atoms in total. The van der Waals surface area contributed by atoms with Gasteiger partial charge in [0.25, 0.3) is 11.8 Å². The number of alkyl carbamates (subject to hydrolysis) is 1. The molecule has 2 aromatic rings. The monoisotopic (exact) mass is 657 g/mol. The van der Waals surface area contributed by atoms with Crippen LogP contribution in [0.25, 0.3) is 0 Å². The molecule has 0 radical (unpaired) electrons. The van der Waals surface area contributed by atoms with E-state index in [1.165, 1.54) is 94.8 Å². The van der Waals surface area contributed by atoms with E-state index in [9.17, 15) is 14.4 Å². The molecule has 0 aliphatic carbocycles. The molecular formula is C37H56ClN3O5. The molecule has 0 fully saturated rings. The first-order valence-corrected chi connectivity index (χ1v) is 17.5. The first kappa shape index (κ1) is 39.2. The predicted molar refractivity (Wildman–Crippen MR) is 177 cm³/mol.